The predicted molar refractivity (Wildman–Crippen MR) is 109 cm³/mol. The van der Waals surface area contributed by atoms with Crippen molar-refractivity contribution in [2.24, 2.45) is 5.10 Å². The number of fused-ring (bicyclic) bond motifs is 1. The number of hydrazone groups is 1. The highest BCUT2D eigenvalue weighted by Gasteiger charge is 2.05. The first kappa shape index (κ1) is 18.9. The molecule has 7 heteroatoms. The van der Waals surface area contributed by atoms with E-state index < -0.39 is 0 Å². The quantitative estimate of drug-likeness (QED) is 0.463. The van der Waals surface area contributed by atoms with Gasteiger partial charge in [0.15, 0.2) is 11.5 Å². The number of hydrogen-bond acceptors (Lipinski definition) is 6. The van der Waals surface area contributed by atoms with Crippen molar-refractivity contribution in [3.05, 3.63) is 59.0 Å². The van der Waals surface area contributed by atoms with E-state index in [0.717, 1.165) is 16.5 Å². The lowest BCUT2D eigenvalue weighted by molar-refractivity contribution is -0.120. The number of rotatable bonds is 8. The van der Waals surface area contributed by atoms with Gasteiger partial charge in [0, 0.05) is 27.6 Å². The van der Waals surface area contributed by atoms with Crippen LogP contribution >= 0.6 is 11.3 Å². The highest BCUT2D eigenvalue weighted by molar-refractivity contribution is 7.17. The third-order valence-corrected chi connectivity index (χ3v) is 4.95. The van der Waals surface area contributed by atoms with Gasteiger partial charge in [-0.1, -0.05) is 24.3 Å². The van der Waals surface area contributed by atoms with Gasteiger partial charge < -0.3 is 14.8 Å². The summed E-state index contributed by atoms with van der Waals surface area (Å²) in [6.07, 6.45) is 1.67. The molecule has 0 unspecified atom stereocenters. The molecule has 0 aliphatic rings. The largest absolute Gasteiger partial charge is 0.493 e. The fraction of sp³-hybridized carbons (Fsp3) is 0.200. The van der Waals surface area contributed by atoms with Crippen molar-refractivity contribution in [3.8, 4) is 11.5 Å². The van der Waals surface area contributed by atoms with Gasteiger partial charge in [-0.15, -0.1) is 11.3 Å². The van der Waals surface area contributed by atoms with Crippen LogP contribution in [0.5, 0.6) is 11.5 Å². The summed E-state index contributed by atoms with van der Waals surface area (Å²) >= 11 is 1.65. The Balaban J connectivity index is 1.47. The topological polar surface area (TPSA) is 72.0 Å². The molecule has 140 valence electrons. The predicted octanol–water partition coefficient (Wildman–Crippen LogP) is 3.16. The molecule has 1 amide bonds. The number of ether oxygens (including phenoxy) is 2. The lowest BCUT2D eigenvalue weighted by Crippen LogP contribution is -2.30. The molecule has 3 aromatic rings. The first-order valence-electron chi connectivity index (χ1n) is 8.41. The van der Waals surface area contributed by atoms with Crippen LogP contribution in [-0.4, -0.2) is 32.9 Å². The molecule has 0 aliphatic heterocycles. The van der Waals surface area contributed by atoms with Crippen LogP contribution in [0.2, 0.25) is 0 Å². The number of amides is 1. The number of carbonyl (C=O) groups excluding carboxylic acids is 1. The lowest BCUT2D eigenvalue weighted by Gasteiger charge is -2.10. The zero-order valence-electron chi connectivity index (χ0n) is 15.2. The Labute approximate surface area is 161 Å². The summed E-state index contributed by atoms with van der Waals surface area (Å²) in [5.41, 5.74) is 4.53. The smallest absolute Gasteiger partial charge is 0.254 e. The summed E-state index contributed by atoms with van der Waals surface area (Å²) in [6.45, 7) is 0.697. The molecule has 2 aromatic carbocycles. The molecule has 0 radical (unpaired) electrons. The van der Waals surface area contributed by atoms with E-state index in [2.05, 4.69) is 21.9 Å². The normalized spacial score (nSPS) is 11.0. The molecule has 0 bridgehead atoms. The Morgan fingerprint density at radius 3 is 2.78 bits per heavy atom. The number of nitrogens with zero attached hydrogens (tertiary/aromatic N) is 1. The summed E-state index contributed by atoms with van der Waals surface area (Å²) < 4.78 is 11.7. The van der Waals surface area contributed by atoms with E-state index in [1.807, 2.05) is 41.8 Å². The highest BCUT2D eigenvalue weighted by Crippen LogP contribution is 2.27. The Morgan fingerprint density at radius 1 is 1.15 bits per heavy atom. The van der Waals surface area contributed by atoms with Gasteiger partial charge in [0.1, 0.15) is 0 Å². The molecule has 0 saturated heterocycles. The minimum Gasteiger partial charge on any atom is -0.493 e. The molecule has 0 fully saturated rings. The van der Waals surface area contributed by atoms with Crippen LogP contribution in [-0.2, 0) is 11.3 Å². The van der Waals surface area contributed by atoms with Gasteiger partial charge in [0.25, 0.3) is 5.91 Å². The second-order valence-corrected chi connectivity index (χ2v) is 6.68. The number of hydrogen-bond donors (Lipinski definition) is 2. The van der Waals surface area contributed by atoms with Crippen molar-refractivity contribution in [1.82, 2.24) is 10.7 Å². The van der Waals surface area contributed by atoms with Gasteiger partial charge in [0.2, 0.25) is 0 Å². The van der Waals surface area contributed by atoms with Gasteiger partial charge in [0.05, 0.1) is 27.0 Å². The van der Waals surface area contributed by atoms with E-state index in [1.54, 1.807) is 31.8 Å². The van der Waals surface area contributed by atoms with Crippen LogP contribution in [0, 0.1) is 0 Å². The first-order chi connectivity index (χ1) is 13.2. The Kier molecular flexibility index (Phi) is 6.40. The molecule has 0 aliphatic carbocycles. The molecule has 6 nitrogen and oxygen atoms in total. The monoisotopic (exact) mass is 383 g/mol. The SMILES string of the molecule is COc1ccc(CNCC(=O)NN=Cc2csc3ccccc23)cc1OC. The summed E-state index contributed by atoms with van der Waals surface area (Å²) in [7, 11) is 3.19. The summed E-state index contributed by atoms with van der Waals surface area (Å²) in [5.74, 6) is 1.13. The van der Waals surface area contributed by atoms with Crippen molar-refractivity contribution >= 4 is 33.5 Å². The molecular formula is C20H21N3O3S. The van der Waals surface area contributed by atoms with Gasteiger partial charge in [-0.25, -0.2) is 5.43 Å². The van der Waals surface area contributed by atoms with Crippen LogP contribution in [0.3, 0.4) is 0 Å². The third-order valence-electron chi connectivity index (χ3n) is 3.97. The molecule has 0 atom stereocenters. The molecule has 1 aromatic heterocycles. The second kappa shape index (κ2) is 9.16. The minimum absolute atomic E-state index is 0.163. The number of methoxy groups -OCH3 is 2. The number of nitrogens with one attached hydrogen (secondary N) is 2. The van der Waals surface area contributed by atoms with Gasteiger partial charge in [-0.05, 0) is 23.8 Å². The fourth-order valence-corrected chi connectivity index (χ4v) is 3.53. The maximum absolute atomic E-state index is 11.9. The van der Waals surface area contributed by atoms with Crippen molar-refractivity contribution < 1.29 is 14.3 Å². The lowest BCUT2D eigenvalue weighted by atomic mass is 10.2. The maximum Gasteiger partial charge on any atom is 0.254 e. The average Bonchev–Trinajstić information content (AvgIpc) is 3.11. The summed E-state index contributed by atoms with van der Waals surface area (Å²) in [6, 6.07) is 13.7. The fourth-order valence-electron chi connectivity index (χ4n) is 2.62. The minimum atomic E-state index is -0.203. The maximum atomic E-state index is 11.9. The number of carbonyl (C=O) groups is 1. The van der Waals surface area contributed by atoms with Crippen molar-refractivity contribution in [1.29, 1.82) is 0 Å². The van der Waals surface area contributed by atoms with Gasteiger partial charge in [-0.3, -0.25) is 4.79 Å². The number of thiophene rings is 1. The van der Waals surface area contributed by atoms with E-state index in [0.29, 0.717) is 18.0 Å². The zero-order valence-corrected chi connectivity index (χ0v) is 16.0. The first-order valence-corrected chi connectivity index (χ1v) is 9.29. The van der Waals surface area contributed by atoms with E-state index >= 15 is 0 Å². The van der Waals surface area contributed by atoms with E-state index in [-0.39, 0.29) is 12.5 Å². The Bertz CT molecular complexity index is 953. The molecule has 0 saturated carbocycles. The Hall–Kier alpha value is -2.90. The standard InChI is InChI=1S/C20H21N3O3S/c1-25-17-8-7-14(9-18(17)26-2)10-21-12-20(24)23-22-11-15-13-27-19-6-4-3-5-16(15)19/h3-9,11,13,21H,10,12H2,1-2H3,(H,23,24). The van der Waals surface area contributed by atoms with E-state index in [4.69, 9.17) is 9.47 Å². The molecule has 2 N–H and O–H groups in total. The molecule has 1 heterocycles. The molecule has 3 rings (SSSR count). The molecule has 27 heavy (non-hydrogen) atoms. The summed E-state index contributed by atoms with van der Waals surface area (Å²) in [5, 5.41) is 10.3. The average molecular weight is 383 g/mol. The third kappa shape index (κ3) is 4.84. The Morgan fingerprint density at radius 2 is 1.96 bits per heavy atom. The molecular weight excluding hydrogens is 362 g/mol. The van der Waals surface area contributed by atoms with Gasteiger partial charge >= 0.3 is 0 Å². The van der Waals surface area contributed by atoms with Crippen molar-refractivity contribution in [3.63, 3.8) is 0 Å². The second-order valence-electron chi connectivity index (χ2n) is 5.77. The van der Waals surface area contributed by atoms with E-state index in [1.165, 1.54) is 4.70 Å². The zero-order chi connectivity index (χ0) is 19.1. The van der Waals surface area contributed by atoms with Crippen LogP contribution in [0.1, 0.15) is 11.1 Å². The van der Waals surface area contributed by atoms with Crippen LogP contribution in [0.4, 0.5) is 0 Å². The van der Waals surface area contributed by atoms with Crippen molar-refractivity contribution in [2.75, 3.05) is 20.8 Å². The van der Waals surface area contributed by atoms with Crippen LogP contribution in [0.25, 0.3) is 10.1 Å². The van der Waals surface area contributed by atoms with Crippen molar-refractivity contribution in [2.45, 2.75) is 6.54 Å². The van der Waals surface area contributed by atoms with E-state index in [9.17, 15) is 4.79 Å². The highest BCUT2D eigenvalue weighted by atomic mass is 32.1. The molecule has 0 spiro atoms. The van der Waals surface area contributed by atoms with Crippen LogP contribution < -0.4 is 20.2 Å². The van der Waals surface area contributed by atoms with Crippen LogP contribution in [0.15, 0.2) is 52.9 Å². The number of benzene rings is 2. The summed E-state index contributed by atoms with van der Waals surface area (Å²) in [4.78, 5) is 11.9. The van der Waals surface area contributed by atoms with Gasteiger partial charge in [-0.2, -0.15) is 5.10 Å².